The number of halogens is 1. The molecular formula is C15H27Cl. The minimum Gasteiger partial charge on any atom is -0.127 e. The molecule has 94 valence electrons. The van der Waals surface area contributed by atoms with E-state index in [4.69, 9.17) is 11.6 Å². The SMILES string of the molecule is CCCCC(C)CC#CCCCCCCCl. The summed E-state index contributed by atoms with van der Waals surface area (Å²) in [6, 6.07) is 0. The van der Waals surface area contributed by atoms with Crippen LogP contribution in [0, 0.1) is 17.8 Å². The molecule has 0 radical (unpaired) electrons. The summed E-state index contributed by atoms with van der Waals surface area (Å²) in [7, 11) is 0. The number of rotatable bonds is 9. The Morgan fingerprint density at radius 2 is 1.75 bits per heavy atom. The summed E-state index contributed by atoms with van der Waals surface area (Å²) in [4.78, 5) is 0. The average molecular weight is 243 g/mol. The fraction of sp³-hybridized carbons (Fsp3) is 0.867. The van der Waals surface area contributed by atoms with Crippen molar-refractivity contribution in [1.82, 2.24) is 0 Å². The zero-order chi connectivity index (χ0) is 12.1. The molecule has 0 fully saturated rings. The quantitative estimate of drug-likeness (QED) is 0.289. The predicted molar refractivity (Wildman–Crippen MR) is 74.9 cm³/mol. The summed E-state index contributed by atoms with van der Waals surface area (Å²) in [6.07, 6.45) is 11.1. The number of alkyl halides is 1. The van der Waals surface area contributed by atoms with E-state index in [1.807, 2.05) is 0 Å². The van der Waals surface area contributed by atoms with Gasteiger partial charge in [0.2, 0.25) is 0 Å². The summed E-state index contributed by atoms with van der Waals surface area (Å²) in [5.41, 5.74) is 0. The maximum Gasteiger partial charge on any atom is 0.0223 e. The van der Waals surface area contributed by atoms with Gasteiger partial charge in [-0.2, -0.15) is 0 Å². The summed E-state index contributed by atoms with van der Waals surface area (Å²) in [5, 5.41) is 0. The van der Waals surface area contributed by atoms with Crippen LogP contribution in [-0.4, -0.2) is 5.88 Å². The molecule has 0 amide bonds. The Bertz CT molecular complexity index is 187. The van der Waals surface area contributed by atoms with Gasteiger partial charge in [-0.05, 0) is 25.2 Å². The van der Waals surface area contributed by atoms with Crippen LogP contribution < -0.4 is 0 Å². The standard InChI is InChI=1S/C15H27Cl/c1-3-4-12-15(2)13-10-8-6-5-7-9-11-14-16/h15H,3-7,9,11-14H2,1-2H3. The van der Waals surface area contributed by atoms with E-state index in [1.165, 1.54) is 38.5 Å². The average Bonchev–Trinajstić information content (AvgIpc) is 2.30. The Balaban J connectivity index is 3.26. The summed E-state index contributed by atoms with van der Waals surface area (Å²) < 4.78 is 0. The zero-order valence-electron chi connectivity index (χ0n) is 11.0. The molecule has 0 aromatic heterocycles. The highest BCUT2D eigenvalue weighted by Gasteiger charge is 1.97. The molecule has 0 spiro atoms. The molecule has 0 saturated heterocycles. The van der Waals surface area contributed by atoms with E-state index in [0.29, 0.717) is 0 Å². The van der Waals surface area contributed by atoms with E-state index in [1.54, 1.807) is 0 Å². The summed E-state index contributed by atoms with van der Waals surface area (Å²) in [5.74, 6) is 8.18. The fourth-order valence-corrected chi connectivity index (χ4v) is 1.84. The van der Waals surface area contributed by atoms with Crippen LogP contribution in [0.15, 0.2) is 0 Å². The first-order chi connectivity index (χ1) is 7.81. The van der Waals surface area contributed by atoms with E-state index in [-0.39, 0.29) is 0 Å². The van der Waals surface area contributed by atoms with Crippen molar-refractivity contribution >= 4 is 11.6 Å². The Labute approximate surface area is 107 Å². The molecule has 0 aliphatic rings. The van der Waals surface area contributed by atoms with Crippen LogP contribution in [0.1, 0.15) is 71.6 Å². The van der Waals surface area contributed by atoms with Gasteiger partial charge in [0.25, 0.3) is 0 Å². The molecule has 1 unspecified atom stereocenters. The van der Waals surface area contributed by atoms with Crippen molar-refractivity contribution in [3.8, 4) is 11.8 Å². The first kappa shape index (κ1) is 15.9. The molecule has 0 aromatic rings. The lowest BCUT2D eigenvalue weighted by Crippen LogP contribution is -1.91. The molecule has 0 rings (SSSR count). The highest BCUT2D eigenvalue weighted by Crippen LogP contribution is 2.10. The monoisotopic (exact) mass is 242 g/mol. The number of unbranched alkanes of at least 4 members (excludes halogenated alkanes) is 5. The van der Waals surface area contributed by atoms with Crippen molar-refractivity contribution in [3.05, 3.63) is 0 Å². The molecule has 0 heterocycles. The van der Waals surface area contributed by atoms with E-state index >= 15 is 0 Å². The Morgan fingerprint density at radius 3 is 2.44 bits per heavy atom. The van der Waals surface area contributed by atoms with E-state index in [2.05, 4.69) is 25.7 Å². The number of hydrogen-bond donors (Lipinski definition) is 0. The van der Waals surface area contributed by atoms with Crippen LogP contribution in [0.5, 0.6) is 0 Å². The maximum absolute atomic E-state index is 5.61. The Hall–Kier alpha value is -0.150. The third-order valence-corrected chi connectivity index (χ3v) is 3.08. The van der Waals surface area contributed by atoms with Crippen LogP contribution in [0.4, 0.5) is 0 Å². The second-order valence-corrected chi connectivity index (χ2v) is 5.04. The number of hydrogen-bond acceptors (Lipinski definition) is 0. The minimum absolute atomic E-state index is 0.781. The molecule has 16 heavy (non-hydrogen) atoms. The molecule has 0 saturated carbocycles. The molecule has 0 N–H and O–H groups in total. The van der Waals surface area contributed by atoms with Crippen LogP contribution in [0.25, 0.3) is 0 Å². The summed E-state index contributed by atoms with van der Waals surface area (Å²) >= 11 is 5.61. The van der Waals surface area contributed by atoms with E-state index in [0.717, 1.165) is 31.1 Å². The van der Waals surface area contributed by atoms with Gasteiger partial charge in [0.05, 0.1) is 0 Å². The van der Waals surface area contributed by atoms with Gasteiger partial charge in [0.15, 0.2) is 0 Å². The second-order valence-electron chi connectivity index (χ2n) is 4.66. The fourth-order valence-electron chi connectivity index (χ4n) is 1.65. The molecule has 0 aliphatic carbocycles. The lowest BCUT2D eigenvalue weighted by Gasteiger charge is -2.04. The lowest BCUT2D eigenvalue weighted by atomic mass is 10.0. The topological polar surface area (TPSA) is 0 Å². The Kier molecular flexibility index (Phi) is 12.8. The van der Waals surface area contributed by atoms with Crippen LogP contribution in [0.2, 0.25) is 0 Å². The van der Waals surface area contributed by atoms with Crippen molar-refractivity contribution in [2.45, 2.75) is 71.6 Å². The molecule has 0 aromatic carbocycles. The smallest absolute Gasteiger partial charge is 0.0223 e. The Morgan fingerprint density at radius 1 is 1.00 bits per heavy atom. The van der Waals surface area contributed by atoms with Crippen molar-refractivity contribution in [3.63, 3.8) is 0 Å². The van der Waals surface area contributed by atoms with Crippen molar-refractivity contribution in [1.29, 1.82) is 0 Å². The largest absolute Gasteiger partial charge is 0.127 e. The van der Waals surface area contributed by atoms with Crippen LogP contribution in [-0.2, 0) is 0 Å². The molecule has 0 aliphatic heterocycles. The van der Waals surface area contributed by atoms with Crippen molar-refractivity contribution in [2.24, 2.45) is 5.92 Å². The maximum atomic E-state index is 5.61. The highest BCUT2D eigenvalue weighted by atomic mass is 35.5. The van der Waals surface area contributed by atoms with Gasteiger partial charge in [-0.1, -0.05) is 39.5 Å². The van der Waals surface area contributed by atoms with Crippen LogP contribution >= 0.6 is 11.6 Å². The zero-order valence-corrected chi connectivity index (χ0v) is 11.8. The third kappa shape index (κ3) is 11.9. The van der Waals surface area contributed by atoms with Gasteiger partial charge in [-0.15, -0.1) is 23.4 Å². The molecule has 1 heteroatoms. The van der Waals surface area contributed by atoms with Gasteiger partial charge < -0.3 is 0 Å². The minimum atomic E-state index is 0.781. The van der Waals surface area contributed by atoms with Gasteiger partial charge in [0, 0.05) is 18.7 Å². The van der Waals surface area contributed by atoms with Crippen molar-refractivity contribution in [2.75, 3.05) is 5.88 Å². The molecule has 0 bridgehead atoms. The first-order valence-corrected chi connectivity index (χ1v) is 7.36. The molecule has 1 atom stereocenters. The van der Waals surface area contributed by atoms with E-state index < -0.39 is 0 Å². The molecular weight excluding hydrogens is 216 g/mol. The second kappa shape index (κ2) is 12.9. The normalized spacial score (nSPS) is 11.9. The summed E-state index contributed by atoms with van der Waals surface area (Å²) in [6.45, 7) is 4.56. The third-order valence-electron chi connectivity index (χ3n) is 2.81. The van der Waals surface area contributed by atoms with Gasteiger partial charge >= 0.3 is 0 Å². The predicted octanol–water partition coefficient (Wildman–Crippen LogP) is 5.40. The highest BCUT2D eigenvalue weighted by molar-refractivity contribution is 6.17. The van der Waals surface area contributed by atoms with Gasteiger partial charge in [-0.25, -0.2) is 0 Å². The van der Waals surface area contributed by atoms with Crippen molar-refractivity contribution < 1.29 is 0 Å². The van der Waals surface area contributed by atoms with Crippen LogP contribution in [0.3, 0.4) is 0 Å². The van der Waals surface area contributed by atoms with E-state index in [9.17, 15) is 0 Å². The molecule has 0 nitrogen and oxygen atoms in total. The van der Waals surface area contributed by atoms with Gasteiger partial charge in [-0.3, -0.25) is 0 Å². The lowest BCUT2D eigenvalue weighted by molar-refractivity contribution is 0.518. The first-order valence-electron chi connectivity index (χ1n) is 6.83. The van der Waals surface area contributed by atoms with Gasteiger partial charge in [0.1, 0.15) is 0 Å².